The summed E-state index contributed by atoms with van der Waals surface area (Å²) in [4.78, 5) is 26.0. The Labute approximate surface area is 200 Å². The highest BCUT2D eigenvalue weighted by Gasteiger charge is 2.61. The number of nitrogen functional groups attached to an aromatic ring is 1. The third kappa shape index (κ3) is 3.08. The Kier molecular flexibility index (Phi) is 4.61. The van der Waals surface area contributed by atoms with Crippen LogP contribution in [0.15, 0.2) is 35.6 Å². The molecule has 4 atom stereocenters. The van der Waals surface area contributed by atoms with Crippen LogP contribution in [0.25, 0.3) is 0 Å². The van der Waals surface area contributed by atoms with E-state index in [0.29, 0.717) is 29.2 Å². The van der Waals surface area contributed by atoms with Gasteiger partial charge in [-0.05, 0) is 68.8 Å². The molecule has 178 valence electrons. The van der Waals surface area contributed by atoms with Crippen molar-refractivity contribution in [3.63, 3.8) is 0 Å². The van der Waals surface area contributed by atoms with Crippen molar-refractivity contribution >= 4 is 23.2 Å². The lowest BCUT2D eigenvalue weighted by Crippen LogP contribution is -2.43. The van der Waals surface area contributed by atoms with Crippen molar-refractivity contribution in [1.29, 1.82) is 0 Å². The van der Waals surface area contributed by atoms with Crippen LogP contribution in [-0.2, 0) is 14.9 Å². The number of benzene rings is 1. The van der Waals surface area contributed by atoms with Crippen LogP contribution < -0.4 is 10.5 Å². The van der Waals surface area contributed by atoms with Crippen molar-refractivity contribution in [2.24, 2.45) is 22.2 Å². The predicted octanol–water partition coefficient (Wildman–Crippen LogP) is 4.75. The normalized spacial score (nSPS) is 32.9. The Morgan fingerprint density at radius 1 is 1.12 bits per heavy atom. The Morgan fingerprint density at radius 3 is 2.65 bits per heavy atom. The topological polar surface area (TPSA) is 99.7 Å². The summed E-state index contributed by atoms with van der Waals surface area (Å²) in [6.45, 7) is 3.98. The van der Waals surface area contributed by atoms with Crippen LogP contribution >= 0.6 is 0 Å². The predicted molar refractivity (Wildman–Crippen MR) is 129 cm³/mol. The lowest BCUT2D eigenvalue weighted by atomic mass is 9.58. The second kappa shape index (κ2) is 7.27. The fourth-order valence-corrected chi connectivity index (χ4v) is 7.56. The molecule has 3 saturated carbocycles. The van der Waals surface area contributed by atoms with Crippen LogP contribution in [0.4, 0.5) is 11.5 Å². The molecular weight excluding hydrogens is 428 g/mol. The summed E-state index contributed by atoms with van der Waals surface area (Å²) in [5.74, 6) is 1.99. The number of hydrogen-bond donors (Lipinski definition) is 1. The van der Waals surface area contributed by atoms with E-state index in [0.717, 1.165) is 37.0 Å². The monoisotopic (exact) mass is 460 g/mol. The minimum absolute atomic E-state index is 0.00322. The Bertz CT molecular complexity index is 1190. The maximum absolute atomic E-state index is 12.9. The number of ether oxygens (including phenoxy) is 2. The molecule has 7 nitrogen and oxygen atoms in total. The van der Waals surface area contributed by atoms with Gasteiger partial charge in [-0.1, -0.05) is 37.1 Å². The molecule has 1 aliphatic heterocycles. The number of methoxy groups -OCH3 is 1. The zero-order valence-corrected chi connectivity index (χ0v) is 20.1. The molecule has 7 heteroatoms. The standard InChI is InChI=1S/C27H32N4O3/c1-25(2)21(31-20-22(28)29-15-30-23(20)34-25)16-6-8-19(9-7-16)26-10-4-5-17-11-27(14-26,24(32)33-3)13-18(17)12-26/h6-9,15,17-18H,4-5,10-14H2,1-3H3,(H2,28,29,30). The van der Waals surface area contributed by atoms with Gasteiger partial charge in [-0.15, -0.1) is 0 Å². The molecule has 3 bridgehead atoms. The molecule has 0 saturated heterocycles. The first-order chi connectivity index (χ1) is 16.3. The fraction of sp³-hybridized carbons (Fsp3) is 0.556. The molecule has 0 spiro atoms. The average molecular weight is 461 g/mol. The zero-order valence-electron chi connectivity index (χ0n) is 20.1. The maximum atomic E-state index is 12.9. The zero-order chi connectivity index (χ0) is 23.7. The highest BCUT2D eigenvalue weighted by Crippen LogP contribution is 2.65. The van der Waals surface area contributed by atoms with Crippen LogP contribution in [0.3, 0.4) is 0 Å². The number of aromatic nitrogens is 2. The van der Waals surface area contributed by atoms with Gasteiger partial charge < -0.3 is 15.2 Å². The van der Waals surface area contributed by atoms with Crippen LogP contribution in [-0.4, -0.2) is 34.4 Å². The van der Waals surface area contributed by atoms with Crippen LogP contribution in [0.1, 0.15) is 69.9 Å². The van der Waals surface area contributed by atoms with Gasteiger partial charge >= 0.3 is 5.97 Å². The Hall–Kier alpha value is -2.96. The van der Waals surface area contributed by atoms with Gasteiger partial charge in [0.15, 0.2) is 11.5 Å². The third-order valence-electron chi connectivity index (χ3n) is 8.88. The number of nitrogens with zero attached hydrogens (tertiary/aromatic N) is 3. The van der Waals surface area contributed by atoms with Crippen molar-refractivity contribution in [3.05, 3.63) is 41.7 Å². The lowest BCUT2D eigenvalue weighted by Gasteiger charge is -2.45. The van der Waals surface area contributed by atoms with Crippen molar-refractivity contribution in [2.75, 3.05) is 12.8 Å². The molecule has 6 rings (SSSR count). The van der Waals surface area contributed by atoms with E-state index in [9.17, 15) is 4.79 Å². The van der Waals surface area contributed by atoms with E-state index in [2.05, 4.69) is 34.2 Å². The summed E-state index contributed by atoms with van der Waals surface area (Å²) in [6.07, 6.45) is 9.05. The van der Waals surface area contributed by atoms with Gasteiger partial charge in [0.2, 0.25) is 5.88 Å². The summed E-state index contributed by atoms with van der Waals surface area (Å²) >= 11 is 0. The number of hydrogen-bond acceptors (Lipinski definition) is 7. The minimum Gasteiger partial charge on any atom is -0.469 e. The second-order valence-electron chi connectivity index (χ2n) is 11.3. The molecule has 3 fully saturated rings. The van der Waals surface area contributed by atoms with E-state index in [1.807, 2.05) is 13.8 Å². The van der Waals surface area contributed by atoms with Gasteiger partial charge in [0, 0.05) is 5.56 Å². The van der Waals surface area contributed by atoms with Gasteiger partial charge in [0.1, 0.15) is 11.9 Å². The van der Waals surface area contributed by atoms with Crippen molar-refractivity contribution in [3.8, 4) is 5.88 Å². The number of rotatable bonds is 3. The highest BCUT2D eigenvalue weighted by molar-refractivity contribution is 6.09. The van der Waals surface area contributed by atoms with Crippen LogP contribution in [0.5, 0.6) is 5.88 Å². The number of nitrogens with two attached hydrogens (primary N) is 1. The van der Waals surface area contributed by atoms with Gasteiger partial charge in [0.05, 0.1) is 18.2 Å². The minimum atomic E-state index is -0.651. The molecule has 1 aromatic heterocycles. The van der Waals surface area contributed by atoms with Crippen molar-refractivity contribution in [2.45, 2.75) is 69.8 Å². The van der Waals surface area contributed by atoms with E-state index >= 15 is 0 Å². The van der Waals surface area contributed by atoms with Crippen LogP contribution in [0, 0.1) is 17.3 Å². The summed E-state index contributed by atoms with van der Waals surface area (Å²) in [6, 6.07) is 8.76. The number of carbonyl (C=O) groups excluding carboxylic acids is 1. The number of fused-ring (bicyclic) bond motifs is 3. The smallest absolute Gasteiger partial charge is 0.311 e. The summed E-state index contributed by atoms with van der Waals surface area (Å²) in [5, 5.41) is 0. The number of aliphatic imine (C=N–C) groups is 1. The summed E-state index contributed by atoms with van der Waals surface area (Å²) in [7, 11) is 1.54. The van der Waals surface area contributed by atoms with E-state index in [1.165, 1.54) is 31.2 Å². The van der Waals surface area contributed by atoms with E-state index < -0.39 is 5.60 Å². The Morgan fingerprint density at radius 2 is 1.88 bits per heavy atom. The number of carbonyl (C=O) groups is 1. The van der Waals surface area contributed by atoms with Gasteiger partial charge in [-0.3, -0.25) is 4.79 Å². The van der Waals surface area contributed by atoms with Gasteiger partial charge in [0.25, 0.3) is 0 Å². The molecule has 4 unspecified atom stereocenters. The van der Waals surface area contributed by atoms with Crippen molar-refractivity contribution in [1.82, 2.24) is 9.97 Å². The fourth-order valence-electron chi connectivity index (χ4n) is 7.56. The quantitative estimate of drug-likeness (QED) is 0.664. The SMILES string of the molecule is COC(=O)C12CC3CCCC(c4ccc(C5=Nc6c(N)ncnc6OC5(C)C)cc4)(CC3C1)C2. The average Bonchev–Trinajstić information content (AvgIpc) is 3.00. The maximum Gasteiger partial charge on any atom is 0.311 e. The number of anilines is 1. The van der Waals surface area contributed by atoms with Gasteiger partial charge in [-0.2, -0.15) is 4.98 Å². The van der Waals surface area contributed by atoms with Gasteiger partial charge in [-0.25, -0.2) is 9.98 Å². The largest absolute Gasteiger partial charge is 0.469 e. The van der Waals surface area contributed by atoms with Crippen LogP contribution in [0.2, 0.25) is 0 Å². The molecule has 0 radical (unpaired) electrons. The highest BCUT2D eigenvalue weighted by atomic mass is 16.5. The second-order valence-corrected chi connectivity index (χ2v) is 11.3. The molecule has 3 aliphatic carbocycles. The number of esters is 1. The molecule has 34 heavy (non-hydrogen) atoms. The molecule has 0 amide bonds. The lowest BCUT2D eigenvalue weighted by molar-refractivity contribution is -0.155. The first-order valence-corrected chi connectivity index (χ1v) is 12.3. The molecule has 4 aliphatic rings. The first kappa shape index (κ1) is 21.6. The molecular formula is C27H32N4O3. The van der Waals surface area contributed by atoms with Crippen molar-refractivity contribution < 1.29 is 14.3 Å². The molecule has 2 aromatic rings. The molecule has 1 aromatic carbocycles. The van der Waals surface area contributed by atoms with E-state index in [4.69, 9.17) is 20.2 Å². The molecule has 2 heterocycles. The summed E-state index contributed by atoms with van der Waals surface area (Å²) in [5.41, 5.74) is 8.73. The Balaban J connectivity index is 1.38. The van der Waals surface area contributed by atoms with E-state index in [-0.39, 0.29) is 16.8 Å². The third-order valence-corrected chi connectivity index (χ3v) is 8.88. The van der Waals surface area contributed by atoms with E-state index in [1.54, 1.807) is 7.11 Å². The first-order valence-electron chi connectivity index (χ1n) is 12.3. The summed E-state index contributed by atoms with van der Waals surface area (Å²) < 4.78 is 11.5. The molecule has 2 N–H and O–H groups in total.